The molecule has 1 N–H and O–H groups in total. The molecule has 1 heterocycles. The minimum absolute atomic E-state index is 0.0107. The molecule has 166 valence electrons. The van der Waals surface area contributed by atoms with Crippen LogP contribution in [0.15, 0.2) is 121 Å². The van der Waals surface area contributed by atoms with E-state index in [1.54, 1.807) is 11.3 Å². The first kappa shape index (κ1) is 21.8. The van der Waals surface area contributed by atoms with Crippen molar-refractivity contribution in [2.24, 2.45) is 0 Å². The second-order valence-corrected chi connectivity index (χ2v) is 8.93. The Kier molecular flexibility index (Phi) is 6.59. The standard InChI is InChI=1S/C30H24N2OS/c33-29(28(24-14-6-2-7-15-24)25-16-8-3-9-17-25)31-20-22-11-10-18-26(19-22)30-32-27(21-34-30)23-12-4-1-5-13-23/h1-19,21,28H,20H2,(H,31,33). The Morgan fingerprint density at radius 3 is 1.97 bits per heavy atom. The zero-order valence-corrected chi connectivity index (χ0v) is 19.4. The summed E-state index contributed by atoms with van der Waals surface area (Å²) < 4.78 is 0. The van der Waals surface area contributed by atoms with Gasteiger partial charge in [-0.15, -0.1) is 11.3 Å². The van der Waals surface area contributed by atoms with Gasteiger partial charge in [0.05, 0.1) is 11.6 Å². The lowest BCUT2D eigenvalue weighted by molar-refractivity contribution is -0.121. The average molecular weight is 461 g/mol. The number of hydrogen-bond donors (Lipinski definition) is 1. The summed E-state index contributed by atoms with van der Waals surface area (Å²) in [7, 11) is 0. The fourth-order valence-corrected chi connectivity index (χ4v) is 4.87. The van der Waals surface area contributed by atoms with E-state index in [-0.39, 0.29) is 11.8 Å². The topological polar surface area (TPSA) is 42.0 Å². The van der Waals surface area contributed by atoms with Crippen molar-refractivity contribution in [2.45, 2.75) is 12.5 Å². The molecular formula is C30H24N2OS. The molecular weight excluding hydrogens is 436 g/mol. The third-order valence-electron chi connectivity index (χ3n) is 5.74. The van der Waals surface area contributed by atoms with Crippen molar-refractivity contribution in [1.82, 2.24) is 10.3 Å². The predicted octanol–water partition coefficient (Wildman–Crippen LogP) is 6.93. The van der Waals surface area contributed by atoms with Crippen LogP contribution in [0.4, 0.5) is 0 Å². The van der Waals surface area contributed by atoms with E-state index in [9.17, 15) is 4.79 Å². The smallest absolute Gasteiger partial charge is 0.232 e. The fourth-order valence-electron chi connectivity index (χ4n) is 4.04. The Morgan fingerprint density at radius 2 is 1.32 bits per heavy atom. The molecule has 34 heavy (non-hydrogen) atoms. The Morgan fingerprint density at radius 1 is 0.735 bits per heavy atom. The minimum Gasteiger partial charge on any atom is -0.351 e. The van der Waals surface area contributed by atoms with E-state index in [2.05, 4.69) is 35.0 Å². The van der Waals surface area contributed by atoms with Crippen LogP contribution in [0.1, 0.15) is 22.6 Å². The summed E-state index contributed by atoms with van der Waals surface area (Å²) in [5.74, 6) is -0.360. The summed E-state index contributed by atoms with van der Waals surface area (Å²) in [6.45, 7) is 0.458. The molecule has 1 amide bonds. The third-order valence-corrected chi connectivity index (χ3v) is 6.63. The molecule has 0 fully saturated rings. The third kappa shape index (κ3) is 4.98. The van der Waals surface area contributed by atoms with E-state index in [4.69, 9.17) is 4.98 Å². The SMILES string of the molecule is O=C(NCc1cccc(-c2nc(-c3ccccc3)cs2)c1)C(c1ccccc1)c1ccccc1. The molecule has 4 aromatic carbocycles. The average Bonchev–Trinajstić information content (AvgIpc) is 3.40. The van der Waals surface area contributed by atoms with Crippen molar-refractivity contribution in [3.05, 3.63) is 137 Å². The van der Waals surface area contributed by atoms with Crippen LogP contribution < -0.4 is 5.32 Å². The maximum Gasteiger partial charge on any atom is 0.232 e. The largest absolute Gasteiger partial charge is 0.351 e. The summed E-state index contributed by atoms with van der Waals surface area (Å²) in [6.07, 6.45) is 0. The second kappa shape index (κ2) is 10.3. The molecule has 5 rings (SSSR count). The highest BCUT2D eigenvalue weighted by Crippen LogP contribution is 2.29. The van der Waals surface area contributed by atoms with Crippen molar-refractivity contribution < 1.29 is 4.79 Å². The van der Waals surface area contributed by atoms with Crippen molar-refractivity contribution in [2.75, 3.05) is 0 Å². The van der Waals surface area contributed by atoms with Crippen molar-refractivity contribution in [1.29, 1.82) is 0 Å². The molecule has 0 aliphatic rings. The maximum atomic E-state index is 13.3. The normalized spacial score (nSPS) is 10.9. The van der Waals surface area contributed by atoms with Crippen LogP contribution in [0.5, 0.6) is 0 Å². The number of thiazole rings is 1. The van der Waals surface area contributed by atoms with E-state index in [0.29, 0.717) is 6.54 Å². The Bertz CT molecular complexity index is 1330. The first-order chi connectivity index (χ1) is 16.8. The van der Waals surface area contributed by atoms with E-state index in [0.717, 1.165) is 38.5 Å². The first-order valence-corrected chi connectivity index (χ1v) is 12.1. The molecule has 0 spiro atoms. The molecule has 0 saturated carbocycles. The summed E-state index contributed by atoms with van der Waals surface area (Å²) in [5, 5.41) is 6.21. The number of aromatic nitrogens is 1. The van der Waals surface area contributed by atoms with Crippen LogP contribution in [-0.4, -0.2) is 10.9 Å². The van der Waals surface area contributed by atoms with Gasteiger partial charge >= 0.3 is 0 Å². The summed E-state index contributed by atoms with van der Waals surface area (Å²) in [6, 6.07) is 38.3. The molecule has 0 aliphatic carbocycles. The summed E-state index contributed by atoms with van der Waals surface area (Å²) in [5.41, 5.74) is 6.16. The van der Waals surface area contributed by atoms with Crippen LogP contribution in [0.3, 0.4) is 0 Å². The van der Waals surface area contributed by atoms with Gasteiger partial charge in [-0.1, -0.05) is 109 Å². The number of rotatable bonds is 7. The second-order valence-electron chi connectivity index (χ2n) is 8.08. The molecule has 0 radical (unpaired) electrons. The van der Waals surface area contributed by atoms with Gasteiger partial charge in [-0.2, -0.15) is 0 Å². The van der Waals surface area contributed by atoms with Gasteiger partial charge in [-0.05, 0) is 22.8 Å². The summed E-state index contributed by atoms with van der Waals surface area (Å²) >= 11 is 1.63. The van der Waals surface area contributed by atoms with Crippen LogP contribution in [-0.2, 0) is 11.3 Å². The van der Waals surface area contributed by atoms with Crippen LogP contribution in [0, 0.1) is 0 Å². The lowest BCUT2D eigenvalue weighted by atomic mass is 9.90. The number of amides is 1. The highest BCUT2D eigenvalue weighted by molar-refractivity contribution is 7.13. The van der Waals surface area contributed by atoms with Crippen molar-refractivity contribution >= 4 is 17.2 Å². The zero-order chi connectivity index (χ0) is 23.2. The Labute approximate surface area is 203 Å². The maximum absolute atomic E-state index is 13.3. The monoisotopic (exact) mass is 460 g/mol. The molecule has 1 aromatic heterocycles. The van der Waals surface area contributed by atoms with Gasteiger partial charge in [0.2, 0.25) is 5.91 Å². The van der Waals surface area contributed by atoms with Gasteiger partial charge < -0.3 is 5.32 Å². The molecule has 0 bridgehead atoms. The highest BCUT2D eigenvalue weighted by atomic mass is 32.1. The molecule has 4 heteroatoms. The number of hydrogen-bond acceptors (Lipinski definition) is 3. The van der Waals surface area contributed by atoms with Gasteiger partial charge in [0.1, 0.15) is 5.01 Å². The van der Waals surface area contributed by atoms with Crippen LogP contribution >= 0.6 is 11.3 Å². The molecule has 3 nitrogen and oxygen atoms in total. The quantitative estimate of drug-likeness (QED) is 0.286. The highest BCUT2D eigenvalue weighted by Gasteiger charge is 2.22. The number of benzene rings is 4. The Balaban J connectivity index is 1.33. The number of nitrogens with one attached hydrogen (secondary N) is 1. The number of carbonyl (C=O) groups excluding carboxylic acids is 1. The van der Waals surface area contributed by atoms with E-state index < -0.39 is 0 Å². The van der Waals surface area contributed by atoms with Gasteiger partial charge in [0.15, 0.2) is 0 Å². The zero-order valence-electron chi connectivity index (χ0n) is 18.6. The lowest BCUT2D eigenvalue weighted by Crippen LogP contribution is -2.29. The van der Waals surface area contributed by atoms with E-state index in [1.165, 1.54) is 0 Å². The lowest BCUT2D eigenvalue weighted by Gasteiger charge is -2.18. The predicted molar refractivity (Wildman–Crippen MR) is 140 cm³/mol. The van der Waals surface area contributed by atoms with Gasteiger partial charge in [0.25, 0.3) is 0 Å². The number of nitrogens with zero attached hydrogens (tertiary/aromatic N) is 1. The van der Waals surface area contributed by atoms with Crippen LogP contribution in [0.25, 0.3) is 21.8 Å². The fraction of sp³-hybridized carbons (Fsp3) is 0.0667. The Hall–Kier alpha value is -4.02. The minimum atomic E-state index is -0.349. The van der Waals surface area contributed by atoms with Gasteiger partial charge in [0, 0.05) is 23.1 Å². The summed E-state index contributed by atoms with van der Waals surface area (Å²) in [4.78, 5) is 18.1. The molecule has 0 unspecified atom stereocenters. The van der Waals surface area contributed by atoms with E-state index >= 15 is 0 Å². The molecule has 5 aromatic rings. The number of carbonyl (C=O) groups is 1. The molecule has 0 aliphatic heterocycles. The first-order valence-electron chi connectivity index (χ1n) is 11.3. The van der Waals surface area contributed by atoms with Gasteiger partial charge in [-0.3, -0.25) is 4.79 Å². The van der Waals surface area contributed by atoms with Crippen LogP contribution in [0.2, 0.25) is 0 Å². The van der Waals surface area contributed by atoms with Gasteiger partial charge in [-0.25, -0.2) is 4.98 Å². The van der Waals surface area contributed by atoms with E-state index in [1.807, 2.05) is 91.0 Å². The van der Waals surface area contributed by atoms with Crippen molar-refractivity contribution in [3.8, 4) is 21.8 Å². The van der Waals surface area contributed by atoms with Crippen molar-refractivity contribution in [3.63, 3.8) is 0 Å². The molecule has 0 atom stereocenters. The molecule has 0 saturated heterocycles.